The number of aliphatic hydroxyl groups excluding tert-OH is 1. The molecule has 2 aromatic heterocycles. The Balaban J connectivity index is 1.82. The monoisotopic (exact) mass is 313 g/mol. The Bertz CT molecular complexity index is 836. The lowest BCUT2D eigenvalue weighted by atomic mass is 10.1. The average Bonchev–Trinajstić information content (AvgIpc) is 3.20. The van der Waals surface area contributed by atoms with E-state index in [-0.39, 0.29) is 17.4 Å². The van der Waals surface area contributed by atoms with Gasteiger partial charge in [0, 0.05) is 12.5 Å². The van der Waals surface area contributed by atoms with Crippen LogP contribution in [-0.2, 0) is 6.42 Å². The number of aromatic nitrogens is 3. The van der Waals surface area contributed by atoms with Crippen molar-refractivity contribution in [1.82, 2.24) is 15.2 Å². The molecule has 0 unspecified atom stereocenters. The number of ketones is 1. The first-order valence-corrected chi connectivity index (χ1v) is 6.75. The number of H-pyrrole nitrogens is 1. The number of allylic oxidation sites excluding steroid dienone is 1. The summed E-state index contributed by atoms with van der Waals surface area (Å²) in [7, 11) is 0. The standard InChI is InChI=1S/C16H12FN3O3/c17-11-3-1-10(2-4-11)7-15-12(5-6-23-15)13(21)8-14(22)16-18-9-19-20-16/h1-6,8-9,21H,7H2,(H,18,19,20). The van der Waals surface area contributed by atoms with Crippen LogP contribution in [-0.4, -0.2) is 26.1 Å². The molecule has 0 atom stereocenters. The molecule has 0 saturated carbocycles. The number of hydrogen-bond acceptors (Lipinski definition) is 5. The summed E-state index contributed by atoms with van der Waals surface area (Å²) >= 11 is 0. The highest BCUT2D eigenvalue weighted by molar-refractivity contribution is 6.05. The average molecular weight is 313 g/mol. The number of hydrogen-bond donors (Lipinski definition) is 2. The van der Waals surface area contributed by atoms with Gasteiger partial charge in [0.2, 0.25) is 5.78 Å². The second kappa shape index (κ2) is 6.27. The predicted octanol–water partition coefficient (Wildman–Crippen LogP) is 2.91. The number of carbonyl (C=O) groups is 1. The van der Waals surface area contributed by atoms with E-state index < -0.39 is 5.78 Å². The summed E-state index contributed by atoms with van der Waals surface area (Å²) in [6.45, 7) is 0. The fourth-order valence-corrected chi connectivity index (χ4v) is 2.09. The second-order valence-electron chi connectivity index (χ2n) is 4.79. The lowest BCUT2D eigenvalue weighted by molar-refractivity contribution is 0.103. The van der Waals surface area contributed by atoms with E-state index in [2.05, 4.69) is 15.2 Å². The summed E-state index contributed by atoms with van der Waals surface area (Å²) in [6, 6.07) is 7.50. The number of aliphatic hydroxyl groups is 1. The molecule has 2 heterocycles. The maximum atomic E-state index is 12.9. The topological polar surface area (TPSA) is 92.0 Å². The summed E-state index contributed by atoms with van der Waals surface area (Å²) < 4.78 is 18.3. The lowest BCUT2D eigenvalue weighted by Gasteiger charge is -2.03. The highest BCUT2D eigenvalue weighted by Gasteiger charge is 2.14. The van der Waals surface area contributed by atoms with E-state index in [0.717, 1.165) is 11.6 Å². The third-order valence-corrected chi connectivity index (χ3v) is 3.22. The lowest BCUT2D eigenvalue weighted by Crippen LogP contribution is -2.00. The molecule has 7 heteroatoms. The van der Waals surface area contributed by atoms with Gasteiger partial charge in [0.15, 0.2) is 5.82 Å². The van der Waals surface area contributed by atoms with Crippen molar-refractivity contribution in [3.05, 3.63) is 77.5 Å². The molecule has 3 rings (SSSR count). The van der Waals surface area contributed by atoms with Gasteiger partial charge in [-0.1, -0.05) is 12.1 Å². The first-order chi connectivity index (χ1) is 11.1. The molecule has 23 heavy (non-hydrogen) atoms. The van der Waals surface area contributed by atoms with Gasteiger partial charge in [-0.05, 0) is 23.8 Å². The van der Waals surface area contributed by atoms with Crippen molar-refractivity contribution in [2.75, 3.05) is 0 Å². The Kier molecular flexibility index (Phi) is 4.01. The summed E-state index contributed by atoms with van der Waals surface area (Å²) in [5.41, 5.74) is 1.21. The van der Waals surface area contributed by atoms with E-state index in [1.807, 2.05) is 0 Å². The highest BCUT2D eigenvalue weighted by Crippen LogP contribution is 2.22. The van der Waals surface area contributed by atoms with E-state index in [4.69, 9.17) is 4.42 Å². The Morgan fingerprint density at radius 2 is 2.09 bits per heavy atom. The van der Waals surface area contributed by atoms with Crippen molar-refractivity contribution in [2.24, 2.45) is 0 Å². The van der Waals surface area contributed by atoms with E-state index >= 15 is 0 Å². The molecule has 0 fully saturated rings. The van der Waals surface area contributed by atoms with E-state index in [0.29, 0.717) is 17.7 Å². The van der Waals surface area contributed by atoms with Gasteiger partial charge in [-0.3, -0.25) is 9.89 Å². The zero-order valence-electron chi connectivity index (χ0n) is 11.9. The molecule has 0 bridgehead atoms. The van der Waals surface area contributed by atoms with Crippen LogP contribution in [0.3, 0.4) is 0 Å². The normalized spacial score (nSPS) is 11.6. The first-order valence-electron chi connectivity index (χ1n) is 6.75. The molecule has 0 aliphatic carbocycles. The fourth-order valence-electron chi connectivity index (χ4n) is 2.09. The van der Waals surface area contributed by atoms with E-state index in [1.165, 1.54) is 24.7 Å². The predicted molar refractivity (Wildman–Crippen MR) is 79.2 cm³/mol. The van der Waals surface area contributed by atoms with Gasteiger partial charge in [-0.25, -0.2) is 9.37 Å². The minimum absolute atomic E-state index is 0.0279. The van der Waals surface area contributed by atoms with Crippen molar-refractivity contribution in [1.29, 1.82) is 0 Å². The van der Waals surface area contributed by atoms with Crippen LogP contribution >= 0.6 is 0 Å². The van der Waals surface area contributed by atoms with Crippen molar-refractivity contribution in [3.63, 3.8) is 0 Å². The smallest absolute Gasteiger partial charge is 0.226 e. The zero-order chi connectivity index (χ0) is 16.2. The minimum Gasteiger partial charge on any atom is -0.507 e. The Hall–Kier alpha value is -3.22. The molecule has 0 amide bonds. The summed E-state index contributed by atoms with van der Waals surface area (Å²) in [4.78, 5) is 15.6. The van der Waals surface area contributed by atoms with Crippen LogP contribution in [0.4, 0.5) is 4.39 Å². The third-order valence-electron chi connectivity index (χ3n) is 3.22. The molecule has 0 spiro atoms. The van der Waals surface area contributed by atoms with Crippen LogP contribution in [0.15, 0.2) is 53.4 Å². The number of nitrogens with one attached hydrogen (secondary N) is 1. The molecule has 0 aliphatic heterocycles. The van der Waals surface area contributed by atoms with Gasteiger partial charge in [-0.2, -0.15) is 5.10 Å². The molecular formula is C16H12FN3O3. The number of nitrogens with zero attached hydrogens (tertiary/aromatic N) is 2. The van der Waals surface area contributed by atoms with Gasteiger partial charge < -0.3 is 9.52 Å². The van der Waals surface area contributed by atoms with Crippen molar-refractivity contribution in [3.8, 4) is 0 Å². The molecule has 6 nitrogen and oxygen atoms in total. The molecule has 0 radical (unpaired) electrons. The van der Waals surface area contributed by atoms with E-state index in [1.54, 1.807) is 18.2 Å². The van der Waals surface area contributed by atoms with Crippen LogP contribution in [0.2, 0.25) is 0 Å². The largest absolute Gasteiger partial charge is 0.507 e. The fraction of sp³-hybridized carbons (Fsp3) is 0.0625. The number of benzene rings is 1. The molecule has 2 N–H and O–H groups in total. The number of aromatic amines is 1. The number of rotatable bonds is 5. The van der Waals surface area contributed by atoms with Gasteiger partial charge in [0.1, 0.15) is 23.7 Å². The first kappa shape index (κ1) is 14.7. The van der Waals surface area contributed by atoms with Crippen LogP contribution in [0.25, 0.3) is 5.76 Å². The SMILES string of the molecule is O=C(C=C(O)c1ccoc1Cc1ccc(F)cc1)c1ncn[nH]1. The summed E-state index contributed by atoms with van der Waals surface area (Å²) in [5.74, 6) is -0.573. The van der Waals surface area contributed by atoms with Crippen molar-refractivity contribution >= 4 is 11.5 Å². The number of carbonyl (C=O) groups excluding carboxylic acids is 1. The van der Waals surface area contributed by atoms with Crippen LogP contribution < -0.4 is 0 Å². The van der Waals surface area contributed by atoms with Gasteiger partial charge >= 0.3 is 0 Å². The number of furan rings is 1. The zero-order valence-corrected chi connectivity index (χ0v) is 11.9. The second-order valence-corrected chi connectivity index (χ2v) is 4.79. The van der Waals surface area contributed by atoms with E-state index in [9.17, 15) is 14.3 Å². The molecule has 0 aliphatic rings. The maximum absolute atomic E-state index is 12.9. The minimum atomic E-state index is -0.506. The number of halogens is 1. The quantitative estimate of drug-likeness (QED) is 0.429. The molecule has 116 valence electrons. The van der Waals surface area contributed by atoms with Gasteiger partial charge in [0.25, 0.3) is 0 Å². The Morgan fingerprint density at radius 1 is 1.30 bits per heavy atom. The summed E-state index contributed by atoms with van der Waals surface area (Å²) in [6.07, 6.45) is 4.02. The third kappa shape index (κ3) is 3.34. The molecule has 3 aromatic rings. The van der Waals surface area contributed by atoms with Gasteiger partial charge in [0.05, 0.1) is 11.8 Å². The van der Waals surface area contributed by atoms with Gasteiger partial charge in [-0.15, -0.1) is 0 Å². The Labute approximate surface area is 130 Å². The van der Waals surface area contributed by atoms with Crippen LogP contribution in [0.5, 0.6) is 0 Å². The Morgan fingerprint density at radius 3 is 2.78 bits per heavy atom. The maximum Gasteiger partial charge on any atom is 0.226 e. The summed E-state index contributed by atoms with van der Waals surface area (Å²) in [5, 5.41) is 16.1. The molecular weight excluding hydrogens is 301 g/mol. The van der Waals surface area contributed by atoms with Crippen molar-refractivity contribution < 1.29 is 18.7 Å². The highest BCUT2D eigenvalue weighted by atomic mass is 19.1. The molecule has 0 saturated heterocycles. The van der Waals surface area contributed by atoms with Crippen LogP contribution in [0.1, 0.15) is 27.5 Å². The van der Waals surface area contributed by atoms with Crippen molar-refractivity contribution in [2.45, 2.75) is 6.42 Å². The van der Waals surface area contributed by atoms with Crippen LogP contribution in [0, 0.1) is 5.82 Å². The molecule has 1 aromatic carbocycles.